The van der Waals surface area contributed by atoms with Crippen LogP contribution < -0.4 is 16.0 Å². The van der Waals surface area contributed by atoms with Crippen LogP contribution in [-0.4, -0.2) is 67.2 Å². The minimum atomic E-state index is -0.463. The lowest BCUT2D eigenvalue weighted by atomic mass is 9.96. The second kappa shape index (κ2) is 12.4. The number of hydrogen-bond donors (Lipinski definition) is 4. The van der Waals surface area contributed by atoms with E-state index in [0.717, 1.165) is 37.2 Å². The maximum Gasteiger partial charge on any atom is 0.338 e. The number of hydrogen-bond acceptors (Lipinski definition) is 7. The number of aryl methyl sites for hydroxylation is 1. The molecule has 2 aliphatic heterocycles. The number of rotatable bonds is 8. The summed E-state index contributed by atoms with van der Waals surface area (Å²) in [4.78, 5) is 40.6. The number of anilines is 2. The van der Waals surface area contributed by atoms with E-state index < -0.39 is 5.97 Å². The van der Waals surface area contributed by atoms with Crippen molar-refractivity contribution in [1.82, 2.24) is 10.2 Å². The van der Waals surface area contributed by atoms with Gasteiger partial charge in [-0.25, -0.2) is 4.79 Å². The maximum absolute atomic E-state index is 13.3. The predicted molar refractivity (Wildman–Crippen MR) is 158 cm³/mol. The quantitative estimate of drug-likeness (QED) is 0.246. The molecular formula is C32H34N4O5. The van der Waals surface area contributed by atoms with Crippen LogP contribution in [0.15, 0.2) is 66.7 Å². The highest BCUT2D eigenvalue weighted by Crippen LogP contribution is 2.39. The number of esters is 1. The van der Waals surface area contributed by atoms with Gasteiger partial charge in [0.2, 0.25) is 0 Å². The van der Waals surface area contributed by atoms with Gasteiger partial charge < -0.3 is 30.7 Å². The van der Waals surface area contributed by atoms with E-state index in [0.29, 0.717) is 45.8 Å². The molecule has 212 valence electrons. The smallest absolute Gasteiger partial charge is 0.338 e. The molecule has 4 N–H and O–H groups in total. The number of ether oxygens (including phenoxy) is 1. The van der Waals surface area contributed by atoms with E-state index >= 15 is 0 Å². The Hall–Kier alpha value is -4.47. The second-order valence-electron chi connectivity index (χ2n) is 10.3. The third-order valence-electron chi connectivity index (χ3n) is 7.58. The molecule has 0 aromatic heterocycles. The molecule has 2 heterocycles. The Morgan fingerprint density at radius 1 is 1.02 bits per heavy atom. The summed E-state index contributed by atoms with van der Waals surface area (Å²) in [7, 11) is 1.33. The van der Waals surface area contributed by atoms with Crippen molar-refractivity contribution in [3.05, 3.63) is 94.5 Å². The number of carbonyl (C=O) groups excluding carboxylic acids is 3. The molecule has 9 nitrogen and oxygen atoms in total. The number of β-amino-alcohol motifs (C(OH)–C–C–N with tert-alkyl or cyclic N) is 1. The Morgan fingerprint density at radius 3 is 2.39 bits per heavy atom. The van der Waals surface area contributed by atoms with Gasteiger partial charge >= 0.3 is 5.97 Å². The minimum Gasteiger partial charge on any atom is -0.465 e. The number of carbonyl (C=O) groups is 3. The van der Waals surface area contributed by atoms with Crippen LogP contribution in [-0.2, 0) is 9.53 Å². The largest absolute Gasteiger partial charge is 0.465 e. The van der Waals surface area contributed by atoms with Crippen molar-refractivity contribution < 1.29 is 24.2 Å². The van der Waals surface area contributed by atoms with E-state index in [1.807, 2.05) is 55.5 Å². The Kier molecular flexibility index (Phi) is 8.47. The molecule has 0 unspecified atom stereocenters. The van der Waals surface area contributed by atoms with Crippen LogP contribution in [0.2, 0.25) is 0 Å². The van der Waals surface area contributed by atoms with Gasteiger partial charge in [0.05, 0.1) is 36.2 Å². The van der Waals surface area contributed by atoms with Crippen molar-refractivity contribution in [2.45, 2.75) is 25.8 Å². The van der Waals surface area contributed by atoms with Gasteiger partial charge in [0.1, 0.15) is 0 Å². The second-order valence-corrected chi connectivity index (χ2v) is 10.3. The van der Waals surface area contributed by atoms with Crippen molar-refractivity contribution in [3.8, 4) is 0 Å². The van der Waals surface area contributed by atoms with Crippen LogP contribution in [0.1, 0.15) is 50.2 Å². The number of benzene rings is 3. The number of nitrogens with one attached hydrogen (secondary N) is 3. The molecule has 0 atom stereocenters. The van der Waals surface area contributed by atoms with Gasteiger partial charge in [-0.3, -0.25) is 9.59 Å². The fourth-order valence-corrected chi connectivity index (χ4v) is 5.35. The van der Waals surface area contributed by atoms with Gasteiger partial charge in [-0.2, -0.15) is 0 Å². The number of nitrogens with zero attached hydrogens (tertiary/aromatic N) is 1. The number of methoxy groups -OCH3 is 1. The molecule has 1 fully saturated rings. The number of aliphatic hydroxyl groups excluding tert-OH is 1. The third kappa shape index (κ3) is 6.16. The number of amides is 2. The minimum absolute atomic E-state index is 0.105. The molecule has 5 rings (SSSR count). The first-order valence-corrected chi connectivity index (χ1v) is 13.7. The lowest BCUT2D eigenvalue weighted by Gasteiger charge is -2.31. The van der Waals surface area contributed by atoms with E-state index in [-0.39, 0.29) is 24.5 Å². The van der Waals surface area contributed by atoms with E-state index in [9.17, 15) is 14.4 Å². The SMILES string of the molecule is COC(=O)c1cc2c(cc1C)/C(=C(/Nc1ccc(C(=O)NC3CCN(CCO)CC3)cc1)c1ccccc1)C(=O)N2. The van der Waals surface area contributed by atoms with Crippen LogP contribution in [0.3, 0.4) is 0 Å². The molecule has 0 aliphatic carbocycles. The third-order valence-corrected chi connectivity index (χ3v) is 7.58. The normalized spacial score (nSPS) is 16.5. The number of piperidine rings is 1. The van der Waals surface area contributed by atoms with Crippen LogP contribution in [0.4, 0.5) is 11.4 Å². The van der Waals surface area contributed by atoms with Gasteiger partial charge in [-0.05, 0) is 67.3 Å². The van der Waals surface area contributed by atoms with Gasteiger partial charge in [-0.1, -0.05) is 30.3 Å². The zero-order chi connectivity index (χ0) is 28.9. The van der Waals surface area contributed by atoms with Crippen molar-refractivity contribution in [2.24, 2.45) is 0 Å². The Morgan fingerprint density at radius 2 is 1.73 bits per heavy atom. The van der Waals surface area contributed by atoms with Crippen molar-refractivity contribution >= 4 is 40.4 Å². The number of fused-ring (bicyclic) bond motifs is 1. The van der Waals surface area contributed by atoms with Gasteiger partial charge in [0, 0.05) is 42.5 Å². The molecule has 1 saturated heterocycles. The lowest BCUT2D eigenvalue weighted by molar-refractivity contribution is -0.110. The van der Waals surface area contributed by atoms with Gasteiger partial charge in [0.25, 0.3) is 11.8 Å². The molecule has 0 bridgehead atoms. The maximum atomic E-state index is 13.3. The summed E-state index contributed by atoms with van der Waals surface area (Å²) in [6, 6.07) is 20.3. The molecule has 3 aromatic rings. The highest BCUT2D eigenvalue weighted by Gasteiger charge is 2.30. The molecule has 0 saturated carbocycles. The molecule has 9 heteroatoms. The summed E-state index contributed by atoms with van der Waals surface area (Å²) >= 11 is 0. The summed E-state index contributed by atoms with van der Waals surface area (Å²) in [6.07, 6.45) is 1.70. The first-order chi connectivity index (χ1) is 19.9. The van der Waals surface area contributed by atoms with E-state index in [4.69, 9.17) is 9.84 Å². The highest BCUT2D eigenvalue weighted by atomic mass is 16.5. The van der Waals surface area contributed by atoms with Crippen molar-refractivity contribution in [2.75, 3.05) is 44.0 Å². The van der Waals surface area contributed by atoms with Crippen molar-refractivity contribution in [3.63, 3.8) is 0 Å². The first-order valence-electron chi connectivity index (χ1n) is 13.7. The molecule has 0 radical (unpaired) electrons. The van der Waals surface area contributed by atoms with Crippen LogP contribution >= 0.6 is 0 Å². The fourth-order valence-electron chi connectivity index (χ4n) is 5.35. The van der Waals surface area contributed by atoms with Crippen LogP contribution in [0.5, 0.6) is 0 Å². The Labute approximate surface area is 239 Å². The summed E-state index contributed by atoms with van der Waals surface area (Å²) in [6.45, 7) is 4.33. The Bertz CT molecular complexity index is 1480. The Balaban J connectivity index is 1.40. The average molecular weight is 555 g/mol. The van der Waals surface area contributed by atoms with Crippen LogP contribution in [0.25, 0.3) is 11.3 Å². The summed E-state index contributed by atoms with van der Waals surface area (Å²) in [5.41, 5.74) is 5.48. The number of aliphatic hydroxyl groups is 1. The molecule has 2 aliphatic rings. The topological polar surface area (TPSA) is 120 Å². The predicted octanol–water partition coefficient (Wildman–Crippen LogP) is 3.90. The molecule has 2 amide bonds. The van der Waals surface area contributed by atoms with Gasteiger partial charge in [-0.15, -0.1) is 0 Å². The monoisotopic (exact) mass is 554 g/mol. The molecule has 3 aromatic carbocycles. The van der Waals surface area contributed by atoms with Crippen molar-refractivity contribution in [1.29, 1.82) is 0 Å². The van der Waals surface area contributed by atoms with E-state index in [2.05, 4.69) is 20.9 Å². The molecule has 41 heavy (non-hydrogen) atoms. The summed E-state index contributed by atoms with van der Waals surface area (Å²) in [5.74, 6) is -0.872. The molecule has 0 spiro atoms. The zero-order valence-electron chi connectivity index (χ0n) is 23.2. The summed E-state index contributed by atoms with van der Waals surface area (Å²) in [5, 5.41) is 18.6. The summed E-state index contributed by atoms with van der Waals surface area (Å²) < 4.78 is 4.89. The fraction of sp³-hybridized carbons (Fsp3) is 0.281. The van der Waals surface area contributed by atoms with E-state index in [1.165, 1.54) is 7.11 Å². The van der Waals surface area contributed by atoms with Crippen LogP contribution in [0, 0.1) is 6.92 Å². The number of likely N-dealkylation sites (tertiary alicyclic amines) is 1. The highest BCUT2D eigenvalue weighted by molar-refractivity contribution is 6.37. The van der Waals surface area contributed by atoms with E-state index in [1.54, 1.807) is 18.2 Å². The zero-order valence-corrected chi connectivity index (χ0v) is 23.2. The first kappa shape index (κ1) is 28.1. The molecular weight excluding hydrogens is 520 g/mol. The average Bonchev–Trinajstić information content (AvgIpc) is 3.31. The standard InChI is InChI=1S/C32H34N4O5/c1-20-18-26-27(19-25(20)32(40)41-2)35-31(39)28(26)29(21-6-4-3-5-7-21)33-23-10-8-22(9-11-23)30(38)34-24-12-14-36(15-13-24)16-17-37/h3-11,18-19,24,33,37H,12-17H2,1-2H3,(H,34,38)(H,35,39)/b29-28-. The van der Waals surface area contributed by atoms with Gasteiger partial charge in [0.15, 0.2) is 0 Å². The lowest BCUT2D eigenvalue weighted by Crippen LogP contribution is -2.45.